The summed E-state index contributed by atoms with van der Waals surface area (Å²) in [5.41, 5.74) is 2.25. The second-order valence-corrected chi connectivity index (χ2v) is 3.58. The number of hydrogen-bond acceptors (Lipinski definition) is 3. The number of nitrogens with zero attached hydrogens (tertiary/aromatic N) is 2. The van der Waals surface area contributed by atoms with Crippen molar-refractivity contribution in [3.05, 3.63) is 40.2 Å². The van der Waals surface area contributed by atoms with Crippen molar-refractivity contribution in [3.63, 3.8) is 0 Å². The molecule has 0 saturated carbocycles. The minimum Gasteiger partial charge on any atom is -0.426 e. The Morgan fingerprint density at radius 1 is 1.53 bits per heavy atom. The summed E-state index contributed by atoms with van der Waals surface area (Å²) in [7, 11) is 0. The van der Waals surface area contributed by atoms with Crippen LogP contribution in [0.4, 0.5) is 0 Å². The fraction of sp³-hybridized carbons (Fsp3) is 0.308. The first-order valence-corrected chi connectivity index (χ1v) is 5.10. The van der Waals surface area contributed by atoms with Crippen LogP contribution in [-0.2, 0) is 17.8 Å². The maximum Gasteiger partial charge on any atom is 0.308 e. The molecule has 4 nitrogen and oxygen atoms in total. The van der Waals surface area contributed by atoms with E-state index in [1.165, 1.54) is 6.92 Å². The number of ether oxygens (including phenoxy) is 1. The fourth-order valence-electron chi connectivity index (χ4n) is 1.56. The summed E-state index contributed by atoms with van der Waals surface area (Å²) in [5, 5.41) is 8.70. The topological polar surface area (TPSA) is 54.4 Å². The largest absolute Gasteiger partial charge is 0.426 e. The van der Waals surface area contributed by atoms with Gasteiger partial charge in [0.25, 0.3) is 0 Å². The summed E-state index contributed by atoms with van der Waals surface area (Å²) in [4.78, 5) is 14.3. The zero-order valence-corrected chi connectivity index (χ0v) is 9.78. The predicted molar refractivity (Wildman–Crippen MR) is 62.1 cm³/mol. The Kier molecular flexibility index (Phi) is 4.25. The lowest BCUT2D eigenvalue weighted by molar-refractivity contribution is -0.131. The second-order valence-electron chi connectivity index (χ2n) is 3.58. The fourth-order valence-corrected chi connectivity index (χ4v) is 1.56. The standard InChI is InChI=1S/C13H12N2O2/c1-9-12(8-15-3)5-4-11(6-7-14)13(9)17-10(2)16/h4-5H,6,8H2,1-2H3. The van der Waals surface area contributed by atoms with Gasteiger partial charge in [-0.15, -0.1) is 0 Å². The highest BCUT2D eigenvalue weighted by molar-refractivity contribution is 5.71. The molecule has 1 aromatic carbocycles. The molecule has 0 aliphatic heterocycles. The van der Waals surface area contributed by atoms with Gasteiger partial charge in [0.05, 0.1) is 12.5 Å². The highest BCUT2D eigenvalue weighted by Gasteiger charge is 2.14. The Bertz CT molecular complexity index is 521. The van der Waals surface area contributed by atoms with Crippen molar-refractivity contribution in [2.75, 3.05) is 0 Å². The molecule has 0 bridgehead atoms. The van der Waals surface area contributed by atoms with E-state index in [1.54, 1.807) is 19.1 Å². The van der Waals surface area contributed by atoms with Gasteiger partial charge in [0.15, 0.2) is 0 Å². The molecule has 0 spiro atoms. The van der Waals surface area contributed by atoms with E-state index in [0.717, 1.165) is 11.1 Å². The van der Waals surface area contributed by atoms with E-state index < -0.39 is 5.97 Å². The molecule has 0 aliphatic rings. The monoisotopic (exact) mass is 228 g/mol. The Morgan fingerprint density at radius 2 is 2.18 bits per heavy atom. The summed E-state index contributed by atoms with van der Waals surface area (Å²) in [5.74, 6) is -0.00699. The number of rotatable bonds is 3. The van der Waals surface area contributed by atoms with Crippen LogP contribution in [0.1, 0.15) is 23.6 Å². The zero-order valence-electron chi connectivity index (χ0n) is 9.78. The van der Waals surface area contributed by atoms with Crippen LogP contribution in [0.5, 0.6) is 5.75 Å². The summed E-state index contributed by atoms with van der Waals surface area (Å²) in [6.07, 6.45) is 0.182. The number of benzene rings is 1. The average Bonchev–Trinajstić information content (AvgIpc) is 2.27. The molecule has 17 heavy (non-hydrogen) atoms. The van der Waals surface area contributed by atoms with Crippen LogP contribution in [0.15, 0.2) is 12.1 Å². The van der Waals surface area contributed by atoms with E-state index in [-0.39, 0.29) is 13.0 Å². The normalized spacial score (nSPS) is 9.18. The van der Waals surface area contributed by atoms with Gasteiger partial charge < -0.3 is 9.58 Å². The Morgan fingerprint density at radius 3 is 2.71 bits per heavy atom. The zero-order chi connectivity index (χ0) is 12.8. The summed E-state index contributed by atoms with van der Waals surface area (Å²) < 4.78 is 5.12. The second kappa shape index (κ2) is 5.67. The molecule has 0 aromatic heterocycles. The van der Waals surface area contributed by atoms with Gasteiger partial charge in [0, 0.05) is 23.6 Å². The molecule has 0 unspecified atom stereocenters. The smallest absolute Gasteiger partial charge is 0.308 e. The summed E-state index contributed by atoms with van der Waals surface area (Å²) in [6.45, 7) is 10.2. The number of carbonyl (C=O) groups is 1. The predicted octanol–water partition coefficient (Wildman–Crippen LogP) is 2.41. The number of hydrogen-bond donors (Lipinski definition) is 0. The first kappa shape index (κ1) is 12.7. The molecule has 0 radical (unpaired) electrons. The van der Waals surface area contributed by atoms with Crippen LogP contribution >= 0.6 is 0 Å². The van der Waals surface area contributed by atoms with E-state index >= 15 is 0 Å². The average molecular weight is 228 g/mol. The lowest BCUT2D eigenvalue weighted by atomic mass is 10.0. The Hall–Kier alpha value is -2.33. The van der Waals surface area contributed by atoms with Gasteiger partial charge in [-0.2, -0.15) is 5.26 Å². The molecule has 1 aromatic rings. The molecule has 0 amide bonds. The maximum absolute atomic E-state index is 11.0. The van der Waals surface area contributed by atoms with Crippen LogP contribution in [0, 0.1) is 24.8 Å². The number of nitriles is 1. The van der Waals surface area contributed by atoms with E-state index in [1.807, 2.05) is 6.07 Å². The quantitative estimate of drug-likeness (QED) is 0.453. The minimum absolute atomic E-state index is 0.182. The number of esters is 1. The van der Waals surface area contributed by atoms with Gasteiger partial charge in [-0.3, -0.25) is 4.79 Å². The molecule has 0 atom stereocenters. The van der Waals surface area contributed by atoms with Gasteiger partial charge in [0.2, 0.25) is 6.54 Å². The highest BCUT2D eigenvalue weighted by atomic mass is 16.5. The molecule has 0 fully saturated rings. The first-order valence-electron chi connectivity index (χ1n) is 5.10. The summed E-state index contributed by atoms with van der Waals surface area (Å²) in [6, 6.07) is 5.55. The van der Waals surface area contributed by atoms with E-state index in [2.05, 4.69) is 4.85 Å². The van der Waals surface area contributed by atoms with Crippen molar-refractivity contribution < 1.29 is 9.53 Å². The molecule has 0 N–H and O–H groups in total. The van der Waals surface area contributed by atoms with Crippen molar-refractivity contribution in [3.8, 4) is 11.8 Å². The van der Waals surface area contributed by atoms with Crippen molar-refractivity contribution in [2.45, 2.75) is 26.8 Å². The molecule has 0 aliphatic carbocycles. The maximum atomic E-state index is 11.0. The lowest BCUT2D eigenvalue weighted by Crippen LogP contribution is -2.07. The van der Waals surface area contributed by atoms with E-state index in [9.17, 15) is 4.79 Å². The Balaban J connectivity index is 3.27. The highest BCUT2D eigenvalue weighted by Crippen LogP contribution is 2.28. The molecule has 1 rings (SSSR count). The molecular formula is C13H12N2O2. The molecule has 86 valence electrons. The van der Waals surface area contributed by atoms with Crippen molar-refractivity contribution in [1.82, 2.24) is 0 Å². The van der Waals surface area contributed by atoms with Crippen LogP contribution in [-0.4, -0.2) is 5.97 Å². The third-order valence-electron chi connectivity index (χ3n) is 2.36. The molecule has 4 heteroatoms. The summed E-state index contributed by atoms with van der Waals surface area (Å²) >= 11 is 0. The minimum atomic E-state index is -0.424. The Labute approximate surface area is 100 Å². The SMILES string of the molecule is [C-]#[N+]Cc1ccc(CC#N)c(OC(C)=O)c1C. The van der Waals surface area contributed by atoms with Gasteiger partial charge >= 0.3 is 5.97 Å². The number of carbonyl (C=O) groups excluding carboxylic acids is 1. The molecule has 0 saturated heterocycles. The van der Waals surface area contributed by atoms with Gasteiger partial charge in [0.1, 0.15) is 5.75 Å². The lowest BCUT2D eigenvalue weighted by Gasteiger charge is -2.11. The van der Waals surface area contributed by atoms with Crippen LogP contribution in [0.3, 0.4) is 0 Å². The van der Waals surface area contributed by atoms with Gasteiger partial charge in [-0.05, 0) is 6.92 Å². The third kappa shape index (κ3) is 3.06. The van der Waals surface area contributed by atoms with Crippen LogP contribution in [0.2, 0.25) is 0 Å². The first-order chi connectivity index (χ1) is 8.10. The van der Waals surface area contributed by atoms with Crippen molar-refractivity contribution in [1.29, 1.82) is 5.26 Å². The van der Waals surface area contributed by atoms with Crippen LogP contribution < -0.4 is 4.74 Å². The van der Waals surface area contributed by atoms with Gasteiger partial charge in [-0.25, -0.2) is 6.57 Å². The molecule has 0 heterocycles. The van der Waals surface area contributed by atoms with Gasteiger partial charge in [-0.1, -0.05) is 12.1 Å². The molecular weight excluding hydrogens is 216 g/mol. The van der Waals surface area contributed by atoms with E-state index in [0.29, 0.717) is 11.3 Å². The van der Waals surface area contributed by atoms with Crippen LogP contribution in [0.25, 0.3) is 4.85 Å². The van der Waals surface area contributed by atoms with E-state index in [4.69, 9.17) is 16.6 Å². The van der Waals surface area contributed by atoms with Crippen molar-refractivity contribution in [2.24, 2.45) is 0 Å². The van der Waals surface area contributed by atoms with Crippen molar-refractivity contribution >= 4 is 5.97 Å². The third-order valence-corrected chi connectivity index (χ3v) is 2.36.